The van der Waals surface area contributed by atoms with Crippen LogP contribution >= 0.6 is 0 Å². The summed E-state index contributed by atoms with van der Waals surface area (Å²) < 4.78 is 5.24. The van der Waals surface area contributed by atoms with Crippen molar-refractivity contribution in [2.45, 2.75) is 56.5 Å². The molecule has 4 unspecified atom stereocenters. The average Bonchev–Trinajstić information content (AvgIpc) is 2.31. The second-order valence-corrected chi connectivity index (χ2v) is 4.66. The fourth-order valence-corrected chi connectivity index (χ4v) is 2.04. The Morgan fingerprint density at radius 3 is 2.58 bits per heavy atom. The van der Waals surface area contributed by atoms with Crippen molar-refractivity contribution < 1.29 is 20.1 Å². The summed E-state index contributed by atoms with van der Waals surface area (Å²) in [6.45, 7) is 2.76. The van der Waals surface area contributed by atoms with Crippen molar-refractivity contribution >= 4 is 0 Å². The van der Waals surface area contributed by atoms with E-state index in [-0.39, 0.29) is 6.42 Å². The monoisotopic (exact) mass is 272 g/mol. The van der Waals surface area contributed by atoms with E-state index in [4.69, 9.17) is 15.8 Å². The first-order valence-corrected chi connectivity index (χ1v) is 5.67. The fourth-order valence-electron chi connectivity index (χ4n) is 2.04. The second kappa shape index (κ2) is 6.07. The predicted molar refractivity (Wildman–Crippen MR) is 63.7 cm³/mol. The SMILES string of the molecule is CC(N=[N+]=[N-])C(O)C1OC(C)(O)C[C@@H](O)[C@H]1N=[N+]=[N-]. The van der Waals surface area contributed by atoms with Crippen LogP contribution in [0.25, 0.3) is 20.9 Å². The highest BCUT2D eigenvalue weighted by atomic mass is 16.6. The van der Waals surface area contributed by atoms with Crippen LogP contribution in [0.5, 0.6) is 0 Å². The maximum Gasteiger partial charge on any atom is 0.165 e. The first-order valence-electron chi connectivity index (χ1n) is 5.67. The Morgan fingerprint density at radius 2 is 2.05 bits per heavy atom. The van der Waals surface area contributed by atoms with Crippen LogP contribution in [0.1, 0.15) is 20.3 Å². The summed E-state index contributed by atoms with van der Waals surface area (Å²) >= 11 is 0. The van der Waals surface area contributed by atoms with E-state index in [0.717, 1.165) is 0 Å². The normalized spacial score (nSPS) is 37.6. The Kier molecular flexibility index (Phi) is 4.96. The molecule has 10 nitrogen and oxygen atoms in total. The van der Waals surface area contributed by atoms with Gasteiger partial charge in [-0.25, -0.2) is 0 Å². The maximum atomic E-state index is 10.0. The third-order valence-corrected chi connectivity index (χ3v) is 2.96. The van der Waals surface area contributed by atoms with Crippen molar-refractivity contribution in [2.24, 2.45) is 10.2 Å². The first-order chi connectivity index (χ1) is 8.82. The molecule has 1 aliphatic heterocycles. The number of aliphatic hydroxyl groups is 3. The Balaban J connectivity index is 3.02. The third-order valence-electron chi connectivity index (χ3n) is 2.96. The zero-order valence-corrected chi connectivity index (χ0v) is 10.5. The van der Waals surface area contributed by atoms with Gasteiger partial charge in [-0.1, -0.05) is 17.2 Å². The van der Waals surface area contributed by atoms with Crippen molar-refractivity contribution in [1.29, 1.82) is 0 Å². The molecule has 1 saturated heterocycles. The molecule has 0 aliphatic carbocycles. The van der Waals surface area contributed by atoms with Crippen molar-refractivity contribution in [2.75, 3.05) is 0 Å². The molecule has 1 rings (SSSR count). The van der Waals surface area contributed by atoms with Crippen molar-refractivity contribution in [1.82, 2.24) is 0 Å². The van der Waals surface area contributed by atoms with E-state index in [9.17, 15) is 15.3 Å². The molecular weight excluding hydrogens is 256 g/mol. The molecular formula is C9H16N6O4. The van der Waals surface area contributed by atoms with Gasteiger partial charge in [0.2, 0.25) is 0 Å². The maximum absolute atomic E-state index is 10.0. The molecule has 19 heavy (non-hydrogen) atoms. The smallest absolute Gasteiger partial charge is 0.165 e. The van der Waals surface area contributed by atoms with Crippen LogP contribution in [-0.4, -0.2) is 51.5 Å². The summed E-state index contributed by atoms with van der Waals surface area (Å²) in [4.78, 5) is 5.14. The summed E-state index contributed by atoms with van der Waals surface area (Å²) in [5, 5.41) is 36.4. The van der Waals surface area contributed by atoms with E-state index in [2.05, 4.69) is 20.1 Å². The van der Waals surface area contributed by atoms with E-state index in [1.54, 1.807) is 0 Å². The second-order valence-electron chi connectivity index (χ2n) is 4.66. The Morgan fingerprint density at radius 1 is 1.42 bits per heavy atom. The highest BCUT2D eigenvalue weighted by molar-refractivity contribution is 4.98. The van der Waals surface area contributed by atoms with E-state index in [1.807, 2.05) is 0 Å². The lowest BCUT2D eigenvalue weighted by Crippen LogP contribution is -2.58. The van der Waals surface area contributed by atoms with E-state index in [1.165, 1.54) is 13.8 Å². The summed E-state index contributed by atoms with van der Waals surface area (Å²) in [6, 6.07) is -1.94. The van der Waals surface area contributed by atoms with Gasteiger partial charge in [0.1, 0.15) is 0 Å². The molecule has 6 atom stereocenters. The standard InChI is InChI=1S/C9H16N6O4/c1-4(12-14-10)7(17)8-6(13-15-11)5(16)3-9(2,18)19-8/h4-8,16-18H,3H2,1-2H3/t4?,5-,6-,7?,8?,9?/m1/s1. The summed E-state index contributed by atoms with van der Waals surface area (Å²) in [5.41, 5.74) is 16.8. The molecule has 0 aromatic rings. The topological polar surface area (TPSA) is 167 Å². The van der Waals surface area contributed by atoms with Crippen LogP contribution in [0.3, 0.4) is 0 Å². The molecule has 10 heteroatoms. The third kappa shape index (κ3) is 3.71. The molecule has 0 saturated carbocycles. The van der Waals surface area contributed by atoms with E-state index in [0.29, 0.717) is 0 Å². The Labute approximate surface area is 108 Å². The van der Waals surface area contributed by atoms with Gasteiger partial charge in [-0.05, 0) is 18.0 Å². The molecule has 3 N–H and O–H groups in total. The Bertz CT molecular complexity index is 417. The van der Waals surface area contributed by atoms with Crippen molar-refractivity contribution in [3.8, 4) is 0 Å². The highest BCUT2D eigenvalue weighted by Gasteiger charge is 2.46. The minimum Gasteiger partial charge on any atom is -0.392 e. The molecule has 0 aromatic carbocycles. The number of hydrogen-bond acceptors (Lipinski definition) is 6. The molecule has 1 aliphatic rings. The van der Waals surface area contributed by atoms with Gasteiger partial charge >= 0.3 is 0 Å². The molecule has 0 aromatic heterocycles. The van der Waals surface area contributed by atoms with Crippen LogP contribution in [0.4, 0.5) is 0 Å². The summed E-state index contributed by atoms with van der Waals surface area (Å²) in [6.07, 6.45) is -3.82. The molecule has 0 bridgehead atoms. The van der Waals surface area contributed by atoms with Crippen LogP contribution in [0.2, 0.25) is 0 Å². The van der Waals surface area contributed by atoms with E-state index < -0.39 is 36.2 Å². The molecule has 0 amide bonds. The molecule has 1 fully saturated rings. The number of aliphatic hydroxyl groups excluding tert-OH is 2. The molecule has 1 heterocycles. The number of hydrogen-bond donors (Lipinski definition) is 3. The van der Waals surface area contributed by atoms with Gasteiger partial charge in [0.15, 0.2) is 5.79 Å². The quantitative estimate of drug-likeness (QED) is 0.386. The Hall–Kier alpha value is -1.54. The molecule has 0 radical (unpaired) electrons. The van der Waals surface area contributed by atoms with Gasteiger partial charge in [-0.2, -0.15) is 0 Å². The van der Waals surface area contributed by atoms with Gasteiger partial charge in [0.25, 0.3) is 0 Å². The van der Waals surface area contributed by atoms with Gasteiger partial charge < -0.3 is 20.1 Å². The van der Waals surface area contributed by atoms with Crippen LogP contribution < -0.4 is 0 Å². The summed E-state index contributed by atoms with van der Waals surface area (Å²) in [7, 11) is 0. The first kappa shape index (κ1) is 15.5. The largest absolute Gasteiger partial charge is 0.392 e. The van der Waals surface area contributed by atoms with Gasteiger partial charge in [-0.15, -0.1) is 0 Å². The number of ether oxygens (including phenoxy) is 1. The zero-order chi connectivity index (χ0) is 14.6. The van der Waals surface area contributed by atoms with Crippen LogP contribution in [0, 0.1) is 0 Å². The number of azide groups is 2. The zero-order valence-electron chi connectivity index (χ0n) is 10.5. The van der Waals surface area contributed by atoms with Gasteiger partial charge in [-0.3, -0.25) is 0 Å². The van der Waals surface area contributed by atoms with Gasteiger partial charge in [0.05, 0.1) is 30.4 Å². The minimum absolute atomic E-state index is 0.157. The predicted octanol–water partition coefficient (Wildman–Crippen LogP) is 0.583. The average molecular weight is 272 g/mol. The summed E-state index contributed by atoms with van der Waals surface area (Å²) in [5.74, 6) is -1.66. The lowest BCUT2D eigenvalue weighted by Gasteiger charge is -2.43. The van der Waals surface area contributed by atoms with Crippen molar-refractivity contribution in [3.05, 3.63) is 20.9 Å². The number of nitrogens with zero attached hydrogens (tertiary/aromatic N) is 6. The van der Waals surface area contributed by atoms with Crippen molar-refractivity contribution in [3.63, 3.8) is 0 Å². The lowest BCUT2D eigenvalue weighted by molar-refractivity contribution is -0.283. The lowest BCUT2D eigenvalue weighted by atomic mass is 9.89. The van der Waals surface area contributed by atoms with Gasteiger partial charge in [0, 0.05) is 16.2 Å². The van der Waals surface area contributed by atoms with Crippen LogP contribution in [-0.2, 0) is 4.74 Å². The molecule has 106 valence electrons. The van der Waals surface area contributed by atoms with E-state index >= 15 is 0 Å². The highest BCUT2D eigenvalue weighted by Crippen LogP contribution is 2.31. The molecule has 0 spiro atoms. The van der Waals surface area contributed by atoms with Crippen LogP contribution in [0.15, 0.2) is 10.2 Å². The minimum atomic E-state index is -1.66. The number of rotatable bonds is 4. The fraction of sp³-hybridized carbons (Fsp3) is 1.00.